The maximum absolute atomic E-state index is 11.8. The number of nitrogens with zero attached hydrogens (tertiary/aromatic N) is 5. The molecule has 7 heteroatoms. The predicted molar refractivity (Wildman–Crippen MR) is 96.7 cm³/mol. The minimum Gasteiger partial charge on any atom is -0.348 e. The molecule has 1 N–H and O–H groups in total. The average molecular weight is 340 g/mol. The Morgan fingerprint density at radius 1 is 1.20 bits per heavy atom. The standard InChI is InChI=1S/C18H24N6O/c1-23(2)17(25)13-24-10-5-14(6-11-24)15-4-9-19-16(12-15)22-18-20-7-3-8-21-18/h3-4,7-9,12,14H,5-6,10-11,13H2,1-2H3,(H,19,20,21,22). The van der Waals surface area contributed by atoms with Gasteiger partial charge in [0, 0.05) is 32.7 Å². The summed E-state index contributed by atoms with van der Waals surface area (Å²) in [7, 11) is 3.61. The van der Waals surface area contributed by atoms with Gasteiger partial charge >= 0.3 is 0 Å². The van der Waals surface area contributed by atoms with Crippen LogP contribution >= 0.6 is 0 Å². The Morgan fingerprint density at radius 3 is 2.60 bits per heavy atom. The first kappa shape index (κ1) is 17.3. The molecule has 1 amide bonds. The number of hydrogen-bond acceptors (Lipinski definition) is 6. The van der Waals surface area contributed by atoms with Crippen molar-refractivity contribution in [1.29, 1.82) is 0 Å². The molecular formula is C18H24N6O. The van der Waals surface area contributed by atoms with Crippen molar-refractivity contribution in [2.24, 2.45) is 0 Å². The van der Waals surface area contributed by atoms with Gasteiger partial charge in [0.25, 0.3) is 0 Å². The summed E-state index contributed by atoms with van der Waals surface area (Å²) in [4.78, 5) is 28.4. The van der Waals surface area contributed by atoms with Gasteiger partial charge < -0.3 is 10.2 Å². The fourth-order valence-corrected chi connectivity index (χ4v) is 3.00. The van der Waals surface area contributed by atoms with Gasteiger partial charge in [-0.2, -0.15) is 0 Å². The summed E-state index contributed by atoms with van der Waals surface area (Å²) >= 11 is 0. The van der Waals surface area contributed by atoms with E-state index in [0.29, 0.717) is 18.4 Å². The van der Waals surface area contributed by atoms with Gasteiger partial charge in [-0.1, -0.05) is 0 Å². The molecule has 1 fully saturated rings. The molecule has 3 rings (SSSR count). The zero-order valence-electron chi connectivity index (χ0n) is 14.7. The molecule has 1 aliphatic rings. The first-order valence-electron chi connectivity index (χ1n) is 8.54. The van der Waals surface area contributed by atoms with Crippen LogP contribution in [0, 0.1) is 0 Å². The lowest BCUT2D eigenvalue weighted by Gasteiger charge is -2.32. The zero-order chi connectivity index (χ0) is 17.6. The Labute approximate surface area is 148 Å². The maximum atomic E-state index is 11.8. The molecule has 0 radical (unpaired) electrons. The lowest BCUT2D eigenvalue weighted by Crippen LogP contribution is -2.40. The van der Waals surface area contributed by atoms with Crippen LogP contribution in [-0.2, 0) is 4.79 Å². The van der Waals surface area contributed by atoms with Gasteiger partial charge in [-0.15, -0.1) is 0 Å². The second-order valence-electron chi connectivity index (χ2n) is 6.51. The van der Waals surface area contributed by atoms with Crippen molar-refractivity contribution in [3.8, 4) is 0 Å². The minimum absolute atomic E-state index is 0.164. The molecule has 0 saturated carbocycles. The number of pyridine rings is 1. The minimum atomic E-state index is 0.164. The molecule has 1 saturated heterocycles. The summed E-state index contributed by atoms with van der Waals surface area (Å²) in [5.41, 5.74) is 1.27. The number of piperidine rings is 1. The second-order valence-corrected chi connectivity index (χ2v) is 6.51. The van der Waals surface area contributed by atoms with Crippen molar-refractivity contribution in [2.45, 2.75) is 18.8 Å². The van der Waals surface area contributed by atoms with Crippen molar-refractivity contribution >= 4 is 17.7 Å². The van der Waals surface area contributed by atoms with E-state index in [-0.39, 0.29) is 5.91 Å². The van der Waals surface area contributed by atoms with Crippen molar-refractivity contribution < 1.29 is 4.79 Å². The number of nitrogens with one attached hydrogen (secondary N) is 1. The third-order valence-corrected chi connectivity index (χ3v) is 4.51. The van der Waals surface area contributed by atoms with E-state index in [9.17, 15) is 4.79 Å². The van der Waals surface area contributed by atoms with Crippen LogP contribution in [0.1, 0.15) is 24.3 Å². The number of hydrogen-bond donors (Lipinski definition) is 1. The van der Waals surface area contributed by atoms with Gasteiger partial charge in [0.15, 0.2) is 0 Å². The zero-order valence-corrected chi connectivity index (χ0v) is 14.7. The highest BCUT2D eigenvalue weighted by Crippen LogP contribution is 2.29. The van der Waals surface area contributed by atoms with E-state index in [1.54, 1.807) is 37.5 Å². The molecule has 25 heavy (non-hydrogen) atoms. The highest BCUT2D eigenvalue weighted by atomic mass is 16.2. The van der Waals surface area contributed by atoms with Gasteiger partial charge in [-0.25, -0.2) is 15.0 Å². The Morgan fingerprint density at radius 2 is 1.92 bits per heavy atom. The highest BCUT2D eigenvalue weighted by Gasteiger charge is 2.22. The largest absolute Gasteiger partial charge is 0.348 e. The molecule has 0 spiro atoms. The molecule has 0 bridgehead atoms. The quantitative estimate of drug-likeness (QED) is 0.896. The van der Waals surface area contributed by atoms with Gasteiger partial charge in [0.1, 0.15) is 5.82 Å². The molecule has 2 aromatic heterocycles. The van der Waals surface area contributed by atoms with E-state index < -0.39 is 0 Å². The number of amides is 1. The van der Waals surface area contributed by atoms with Crippen LogP contribution < -0.4 is 5.32 Å². The first-order valence-corrected chi connectivity index (χ1v) is 8.54. The summed E-state index contributed by atoms with van der Waals surface area (Å²) < 4.78 is 0. The second kappa shape index (κ2) is 8.02. The number of likely N-dealkylation sites (tertiary alicyclic amines) is 1. The topological polar surface area (TPSA) is 74.2 Å². The number of rotatable bonds is 5. The van der Waals surface area contributed by atoms with E-state index in [1.165, 1.54) is 5.56 Å². The van der Waals surface area contributed by atoms with E-state index in [0.717, 1.165) is 31.7 Å². The molecule has 3 heterocycles. The molecule has 0 unspecified atom stereocenters. The molecule has 0 aromatic carbocycles. The smallest absolute Gasteiger partial charge is 0.236 e. The van der Waals surface area contributed by atoms with E-state index in [2.05, 4.69) is 37.3 Å². The molecule has 0 aliphatic carbocycles. The summed E-state index contributed by atoms with van der Waals surface area (Å²) in [5.74, 6) is 1.96. The fraction of sp³-hybridized carbons (Fsp3) is 0.444. The fourth-order valence-electron chi connectivity index (χ4n) is 3.00. The summed E-state index contributed by atoms with van der Waals surface area (Å²) in [5, 5.41) is 3.14. The molecule has 1 aliphatic heterocycles. The number of aromatic nitrogens is 3. The number of carbonyl (C=O) groups excluding carboxylic acids is 1. The average Bonchev–Trinajstić information content (AvgIpc) is 2.63. The Hall–Kier alpha value is -2.54. The van der Waals surface area contributed by atoms with Crippen molar-refractivity contribution in [1.82, 2.24) is 24.8 Å². The normalized spacial score (nSPS) is 15.8. The first-order chi connectivity index (χ1) is 12.1. The van der Waals surface area contributed by atoms with Crippen LogP contribution in [0.4, 0.5) is 11.8 Å². The summed E-state index contributed by atoms with van der Waals surface area (Å²) in [6.45, 7) is 2.39. The number of likely N-dealkylation sites (N-methyl/N-ethyl adjacent to an activating group) is 1. The van der Waals surface area contributed by atoms with Gasteiger partial charge in [-0.3, -0.25) is 9.69 Å². The van der Waals surface area contributed by atoms with Crippen molar-refractivity contribution in [2.75, 3.05) is 39.0 Å². The third kappa shape index (κ3) is 4.73. The Bertz CT molecular complexity index is 698. The van der Waals surface area contributed by atoms with Gasteiger partial charge in [0.05, 0.1) is 6.54 Å². The van der Waals surface area contributed by atoms with Gasteiger partial charge in [0.2, 0.25) is 11.9 Å². The lowest BCUT2D eigenvalue weighted by molar-refractivity contribution is -0.130. The van der Waals surface area contributed by atoms with Crippen molar-refractivity contribution in [3.05, 3.63) is 42.4 Å². The van der Waals surface area contributed by atoms with Crippen LogP contribution in [0.2, 0.25) is 0 Å². The SMILES string of the molecule is CN(C)C(=O)CN1CCC(c2ccnc(Nc3ncccn3)c2)CC1. The summed E-state index contributed by atoms with van der Waals surface area (Å²) in [6.07, 6.45) is 7.31. The van der Waals surface area contributed by atoms with Crippen molar-refractivity contribution in [3.63, 3.8) is 0 Å². The van der Waals surface area contributed by atoms with E-state index in [1.807, 2.05) is 6.20 Å². The molecule has 0 atom stereocenters. The van der Waals surface area contributed by atoms with Crippen LogP contribution in [0.3, 0.4) is 0 Å². The lowest BCUT2D eigenvalue weighted by atomic mass is 9.90. The van der Waals surface area contributed by atoms with E-state index >= 15 is 0 Å². The third-order valence-electron chi connectivity index (χ3n) is 4.51. The molecule has 2 aromatic rings. The maximum Gasteiger partial charge on any atom is 0.236 e. The van der Waals surface area contributed by atoms with Crippen LogP contribution in [0.5, 0.6) is 0 Å². The monoisotopic (exact) mass is 340 g/mol. The van der Waals surface area contributed by atoms with Crippen LogP contribution in [0.15, 0.2) is 36.8 Å². The Balaban J connectivity index is 1.58. The van der Waals surface area contributed by atoms with Crippen LogP contribution in [0.25, 0.3) is 0 Å². The Kier molecular flexibility index (Phi) is 5.55. The molecular weight excluding hydrogens is 316 g/mol. The predicted octanol–water partition coefficient (Wildman–Crippen LogP) is 1.88. The molecule has 132 valence electrons. The van der Waals surface area contributed by atoms with E-state index in [4.69, 9.17) is 0 Å². The highest BCUT2D eigenvalue weighted by molar-refractivity contribution is 5.77. The number of anilines is 2. The summed E-state index contributed by atoms with van der Waals surface area (Å²) in [6, 6.07) is 5.92. The number of carbonyl (C=O) groups is 1. The van der Waals surface area contributed by atoms with Crippen LogP contribution in [-0.4, -0.2) is 64.4 Å². The molecule has 7 nitrogen and oxygen atoms in total. The van der Waals surface area contributed by atoms with Gasteiger partial charge in [-0.05, 0) is 55.6 Å².